The van der Waals surface area contributed by atoms with E-state index in [4.69, 9.17) is 23.9 Å². The summed E-state index contributed by atoms with van der Waals surface area (Å²) in [5, 5.41) is 9.47. The van der Waals surface area contributed by atoms with Crippen molar-refractivity contribution in [1.82, 2.24) is 4.57 Å². The molecule has 9 nitrogen and oxygen atoms in total. The number of hydrogen-bond donors (Lipinski definition) is 0. The smallest absolute Gasteiger partial charge is 0.338 e. The maximum absolute atomic E-state index is 14.4. The van der Waals surface area contributed by atoms with E-state index in [9.17, 15) is 14.9 Å². The Morgan fingerprint density at radius 2 is 1.74 bits per heavy atom. The summed E-state index contributed by atoms with van der Waals surface area (Å²) in [6.45, 7) is 4.48. The summed E-state index contributed by atoms with van der Waals surface area (Å²) in [6, 6.07) is 29.0. The van der Waals surface area contributed by atoms with E-state index >= 15 is 0 Å². The number of aromatic nitrogens is 1. The molecule has 0 saturated carbocycles. The Bertz CT molecular complexity index is 2310. The molecule has 0 amide bonds. The van der Waals surface area contributed by atoms with Gasteiger partial charge < -0.3 is 18.9 Å². The van der Waals surface area contributed by atoms with E-state index in [-0.39, 0.29) is 24.3 Å². The Morgan fingerprint density at radius 3 is 2.44 bits per heavy atom. The topological polar surface area (TPSA) is 112 Å². The van der Waals surface area contributed by atoms with Gasteiger partial charge in [-0.05, 0) is 77.3 Å². The highest BCUT2D eigenvalue weighted by Gasteiger charge is 2.35. The van der Waals surface area contributed by atoms with Crippen molar-refractivity contribution in [2.24, 2.45) is 4.99 Å². The van der Waals surface area contributed by atoms with Crippen LogP contribution in [0.2, 0.25) is 0 Å². The molecule has 1 aliphatic rings. The standard InChI is InChI=1S/C39H32BrN3O6S/c1-4-47-29-17-15-26(16-18-29)35-33(38(45)48-5-2)34(25-11-7-6-8-12-25)42-39-43(35)37(44)32(50-39)21-24-19-30(40)36(31(20-24)46-3)49-23-28-14-10-9-13-27(28)22-41/h6-21,35H,4-5,23H2,1-3H3/b32-21-/t35-/m1/s1. The van der Waals surface area contributed by atoms with Gasteiger partial charge in [0.2, 0.25) is 0 Å². The van der Waals surface area contributed by atoms with Crippen LogP contribution in [-0.2, 0) is 16.1 Å². The lowest BCUT2D eigenvalue weighted by atomic mass is 9.93. The minimum absolute atomic E-state index is 0.159. The molecule has 0 aliphatic carbocycles. The van der Waals surface area contributed by atoms with Crippen LogP contribution in [-0.4, -0.2) is 30.9 Å². The first-order valence-corrected chi connectivity index (χ1v) is 17.5. The molecule has 1 aliphatic heterocycles. The van der Waals surface area contributed by atoms with E-state index in [2.05, 4.69) is 22.0 Å². The van der Waals surface area contributed by atoms with Crippen LogP contribution in [0.3, 0.4) is 0 Å². The lowest BCUT2D eigenvalue weighted by molar-refractivity contribution is -0.138. The van der Waals surface area contributed by atoms with E-state index in [0.717, 1.165) is 11.1 Å². The van der Waals surface area contributed by atoms with Crippen LogP contribution in [0.5, 0.6) is 17.2 Å². The van der Waals surface area contributed by atoms with Crippen molar-refractivity contribution in [1.29, 1.82) is 5.26 Å². The van der Waals surface area contributed by atoms with Crippen molar-refractivity contribution < 1.29 is 23.7 Å². The molecule has 50 heavy (non-hydrogen) atoms. The predicted octanol–water partition coefficient (Wildman–Crippen LogP) is 6.56. The number of benzene rings is 4. The molecule has 4 aromatic carbocycles. The van der Waals surface area contributed by atoms with Crippen LogP contribution in [0, 0.1) is 11.3 Å². The summed E-state index contributed by atoms with van der Waals surface area (Å²) in [5.41, 5.74) is 3.78. The van der Waals surface area contributed by atoms with Crippen molar-refractivity contribution in [2.75, 3.05) is 20.3 Å². The second-order valence-electron chi connectivity index (χ2n) is 11.0. The molecule has 0 spiro atoms. The van der Waals surface area contributed by atoms with Gasteiger partial charge >= 0.3 is 5.97 Å². The molecule has 1 aromatic heterocycles. The number of halogens is 1. The van der Waals surface area contributed by atoms with Gasteiger partial charge in [-0.2, -0.15) is 5.26 Å². The predicted molar refractivity (Wildman–Crippen MR) is 195 cm³/mol. The number of nitriles is 1. The molecule has 0 unspecified atom stereocenters. The first-order valence-electron chi connectivity index (χ1n) is 15.9. The summed E-state index contributed by atoms with van der Waals surface area (Å²) in [5.74, 6) is 1.02. The molecule has 252 valence electrons. The van der Waals surface area contributed by atoms with Crippen LogP contribution < -0.4 is 29.1 Å². The van der Waals surface area contributed by atoms with E-state index in [1.165, 1.54) is 18.4 Å². The molecule has 2 heterocycles. The quantitative estimate of drug-likeness (QED) is 0.141. The normalized spacial score (nSPS) is 14.0. The highest BCUT2D eigenvalue weighted by Crippen LogP contribution is 2.38. The second-order valence-corrected chi connectivity index (χ2v) is 12.9. The van der Waals surface area contributed by atoms with Crippen LogP contribution in [0.1, 0.15) is 47.7 Å². The van der Waals surface area contributed by atoms with E-state index < -0.39 is 12.0 Å². The molecule has 11 heteroatoms. The van der Waals surface area contributed by atoms with Gasteiger partial charge in [0.1, 0.15) is 12.4 Å². The first kappa shape index (κ1) is 34.4. The molecule has 0 saturated heterocycles. The highest BCUT2D eigenvalue weighted by atomic mass is 79.9. The Kier molecular flexibility index (Phi) is 10.6. The van der Waals surface area contributed by atoms with Crippen LogP contribution >= 0.6 is 27.3 Å². The summed E-state index contributed by atoms with van der Waals surface area (Å²) in [6.07, 6.45) is 1.76. The molecule has 5 aromatic rings. The van der Waals surface area contributed by atoms with Crippen molar-refractivity contribution in [3.8, 4) is 23.3 Å². The number of carbonyl (C=O) groups is 1. The molecular formula is C39H32BrN3O6S. The second kappa shape index (κ2) is 15.4. The average molecular weight is 751 g/mol. The zero-order chi connectivity index (χ0) is 35.2. The maximum atomic E-state index is 14.4. The number of methoxy groups -OCH3 is 1. The minimum Gasteiger partial charge on any atom is -0.494 e. The first-order chi connectivity index (χ1) is 24.4. The summed E-state index contributed by atoms with van der Waals surface area (Å²) in [4.78, 5) is 33.5. The van der Waals surface area contributed by atoms with Gasteiger partial charge in [0.05, 0.1) is 58.3 Å². The van der Waals surface area contributed by atoms with Gasteiger partial charge in [-0.3, -0.25) is 9.36 Å². The zero-order valence-corrected chi connectivity index (χ0v) is 29.9. The lowest BCUT2D eigenvalue weighted by Gasteiger charge is -2.26. The third kappa shape index (κ3) is 6.99. The Morgan fingerprint density at radius 1 is 1.00 bits per heavy atom. The van der Waals surface area contributed by atoms with E-state index in [1.807, 2.05) is 79.7 Å². The van der Waals surface area contributed by atoms with Crippen molar-refractivity contribution in [3.05, 3.63) is 149 Å². The number of ether oxygens (including phenoxy) is 4. The van der Waals surface area contributed by atoms with Crippen LogP contribution in [0.4, 0.5) is 0 Å². The largest absolute Gasteiger partial charge is 0.494 e. The zero-order valence-electron chi connectivity index (χ0n) is 27.5. The number of carbonyl (C=O) groups excluding carboxylic acids is 1. The Balaban J connectivity index is 1.48. The number of nitrogens with zero attached hydrogens (tertiary/aromatic N) is 3. The van der Waals surface area contributed by atoms with E-state index in [0.29, 0.717) is 60.0 Å². The summed E-state index contributed by atoms with van der Waals surface area (Å²) in [7, 11) is 1.54. The third-order valence-corrected chi connectivity index (χ3v) is 9.51. The number of rotatable bonds is 11. The molecule has 0 radical (unpaired) electrons. The van der Waals surface area contributed by atoms with Gasteiger partial charge in [-0.15, -0.1) is 0 Å². The van der Waals surface area contributed by atoms with Crippen molar-refractivity contribution in [3.63, 3.8) is 0 Å². The summed E-state index contributed by atoms with van der Waals surface area (Å²) >= 11 is 4.84. The fraction of sp³-hybridized carbons (Fsp3) is 0.179. The fourth-order valence-electron chi connectivity index (χ4n) is 5.69. The maximum Gasteiger partial charge on any atom is 0.338 e. The molecule has 0 fully saturated rings. The van der Waals surface area contributed by atoms with Gasteiger partial charge in [-0.25, -0.2) is 9.79 Å². The van der Waals surface area contributed by atoms with Crippen LogP contribution in [0.25, 0.3) is 11.8 Å². The molecule has 1 atom stereocenters. The van der Waals surface area contributed by atoms with Crippen molar-refractivity contribution >= 4 is 45.0 Å². The monoisotopic (exact) mass is 749 g/mol. The molecule has 0 N–H and O–H groups in total. The van der Waals surface area contributed by atoms with Gasteiger partial charge in [-0.1, -0.05) is 72.0 Å². The van der Waals surface area contributed by atoms with Crippen LogP contribution in [0.15, 0.2) is 111 Å². The van der Waals surface area contributed by atoms with Gasteiger partial charge in [0, 0.05) is 11.1 Å². The number of fused-ring (bicyclic) bond motifs is 1. The fourth-order valence-corrected chi connectivity index (χ4v) is 7.26. The molecule has 6 rings (SSSR count). The van der Waals surface area contributed by atoms with Crippen molar-refractivity contribution in [2.45, 2.75) is 26.5 Å². The third-order valence-electron chi connectivity index (χ3n) is 7.94. The minimum atomic E-state index is -0.813. The Labute approximate surface area is 301 Å². The van der Waals surface area contributed by atoms with Gasteiger partial charge in [0.15, 0.2) is 16.3 Å². The lowest BCUT2D eigenvalue weighted by Crippen LogP contribution is -2.40. The van der Waals surface area contributed by atoms with E-state index in [1.54, 1.807) is 35.8 Å². The number of thiazole rings is 1. The molecule has 0 bridgehead atoms. The number of esters is 1. The van der Waals surface area contributed by atoms with Gasteiger partial charge in [0.25, 0.3) is 5.56 Å². The summed E-state index contributed by atoms with van der Waals surface area (Å²) < 4.78 is 25.6. The average Bonchev–Trinajstić information content (AvgIpc) is 3.45. The SMILES string of the molecule is CCOC(=O)C1=C(c2ccccc2)N=c2s/c(=C\c3cc(Br)c(OCc4ccccc4C#N)c(OC)c3)c(=O)n2[C@@H]1c1ccc(OCC)cc1. The highest BCUT2D eigenvalue weighted by molar-refractivity contribution is 9.10. The number of hydrogen-bond acceptors (Lipinski definition) is 9. The Hall–Kier alpha value is -5.44. The molecular weight excluding hydrogens is 718 g/mol.